The van der Waals surface area contributed by atoms with Crippen molar-refractivity contribution in [3.63, 3.8) is 0 Å². The zero-order chi connectivity index (χ0) is 29.6. The molecule has 9 nitrogen and oxygen atoms in total. The van der Waals surface area contributed by atoms with E-state index in [9.17, 15) is 14.4 Å². The van der Waals surface area contributed by atoms with Gasteiger partial charge in [0, 0.05) is 18.8 Å². The minimum atomic E-state index is -0.562. The Balaban J connectivity index is 1.40. The predicted octanol–water partition coefficient (Wildman–Crippen LogP) is 5.21. The lowest BCUT2D eigenvalue weighted by atomic mass is 9.93. The molecule has 0 aliphatic carbocycles. The molecule has 2 aromatic rings. The van der Waals surface area contributed by atoms with Gasteiger partial charge in [-0.2, -0.15) is 0 Å². The van der Waals surface area contributed by atoms with Crippen LogP contribution in [0.3, 0.4) is 0 Å². The van der Waals surface area contributed by atoms with Gasteiger partial charge in [0.25, 0.3) is 0 Å². The van der Waals surface area contributed by atoms with Crippen LogP contribution in [-0.2, 0) is 30.5 Å². The number of allylic oxidation sites excluding steroid dienone is 1. The summed E-state index contributed by atoms with van der Waals surface area (Å²) >= 11 is 1.42. The van der Waals surface area contributed by atoms with Crippen molar-refractivity contribution in [1.82, 2.24) is 9.80 Å². The number of nitrogens with zero attached hydrogens (tertiary/aromatic N) is 3. The summed E-state index contributed by atoms with van der Waals surface area (Å²) in [5, 5.41) is 2.60. The molecule has 0 N–H and O–H groups in total. The fourth-order valence-corrected chi connectivity index (χ4v) is 6.46. The number of esters is 2. The first-order valence-electron chi connectivity index (χ1n) is 14.1. The molecule has 220 valence electrons. The number of ether oxygens (including phenoxy) is 3. The third-order valence-corrected chi connectivity index (χ3v) is 8.44. The highest BCUT2D eigenvalue weighted by molar-refractivity contribution is 8.16. The second-order valence-corrected chi connectivity index (χ2v) is 11.2. The maximum Gasteiger partial charge on any atom is 0.338 e. The highest BCUT2D eigenvalue weighted by atomic mass is 32.2. The monoisotopic (exact) mass is 589 g/mol. The van der Waals surface area contributed by atoms with E-state index in [1.165, 1.54) is 18.9 Å². The molecule has 3 aliphatic rings. The summed E-state index contributed by atoms with van der Waals surface area (Å²) in [7, 11) is 1.35. The molecule has 1 fully saturated rings. The van der Waals surface area contributed by atoms with E-state index in [0.29, 0.717) is 54.9 Å². The van der Waals surface area contributed by atoms with E-state index in [1.54, 1.807) is 18.7 Å². The zero-order valence-corrected chi connectivity index (χ0v) is 24.9. The van der Waals surface area contributed by atoms with Crippen molar-refractivity contribution >= 4 is 34.8 Å². The zero-order valence-electron chi connectivity index (χ0n) is 24.1. The molecule has 0 aromatic heterocycles. The number of aliphatic imine (C=N–C) groups is 1. The van der Waals surface area contributed by atoms with Crippen LogP contribution in [-0.4, -0.2) is 59.6 Å². The molecule has 5 rings (SSSR count). The molecule has 0 radical (unpaired) electrons. The quantitative estimate of drug-likeness (QED) is 0.368. The standard InChI is InChI=1S/C32H35N3O6S/c1-4-40-30(37)24-13-9-15-34(18-24)27(36)17-25-20-42-32-33-21(2)28(31(38)39-3)29(35(25)32)23-12-8-14-26(16-23)41-19-22-10-6-5-7-11-22/h5-8,10-12,14,16,20,24,29H,4,9,13,15,17-19H2,1-3H3. The third-order valence-electron chi connectivity index (χ3n) is 7.55. The Bertz CT molecular complexity index is 1440. The summed E-state index contributed by atoms with van der Waals surface area (Å²) in [5.74, 6) is -0.471. The van der Waals surface area contributed by atoms with Gasteiger partial charge in [-0.25, -0.2) is 9.79 Å². The molecule has 0 bridgehead atoms. The Labute approximate surface area is 250 Å². The molecule has 3 heterocycles. The molecule has 2 unspecified atom stereocenters. The molecule has 2 aromatic carbocycles. The van der Waals surface area contributed by atoms with Crippen LogP contribution < -0.4 is 4.74 Å². The maximum atomic E-state index is 13.5. The van der Waals surface area contributed by atoms with E-state index in [-0.39, 0.29) is 24.2 Å². The molecule has 3 aliphatic heterocycles. The first-order valence-corrected chi connectivity index (χ1v) is 15.0. The number of rotatable bonds is 9. The predicted molar refractivity (Wildman–Crippen MR) is 160 cm³/mol. The largest absolute Gasteiger partial charge is 0.489 e. The van der Waals surface area contributed by atoms with E-state index < -0.39 is 12.0 Å². The number of benzene rings is 2. The van der Waals surface area contributed by atoms with E-state index in [4.69, 9.17) is 19.2 Å². The average molecular weight is 590 g/mol. The van der Waals surface area contributed by atoms with E-state index in [1.807, 2.05) is 64.9 Å². The van der Waals surface area contributed by atoms with Gasteiger partial charge in [0.1, 0.15) is 12.4 Å². The van der Waals surface area contributed by atoms with Crippen LogP contribution >= 0.6 is 11.8 Å². The number of piperidine rings is 1. The summed E-state index contributed by atoms with van der Waals surface area (Å²) in [6.07, 6.45) is 1.56. The first-order chi connectivity index (χ1) is 20.4. The van der Waals surface area contributed by atoms with Gasteiger partial charge >= 0.3 is 11.9 Å². The number of carbonyl (C=O) groups is 3. The third kappa shape index (κ3) is 6.38. The van der Waals surface area contributed by atoms with Crippen LogP contribution in [0, 0.1) is 5.92 Å². The molecule has 10 heteroatoms. The molecule has 2 atom stereocenters. The van der Waals surface area contributed by atoms with E-state index in [2.05, 4.69) is 0 Å². The van der Waals surface area contributed by atoms with Crippen molar-refractivity contribution < 1.29 is 28.6 Å². The number of methoxy groups -OCH3 is 1. The fourth-order valence-electron chi connectivity index (χ4n) is 5.49. The van der Waals surface area contributed by atoms with E-state index in [0.717, 1.165) is 23.2 Å². The van der Waals surface area contributed by atoms with E-state index >= 15 is 0 Å². The van der Waals surface area contributed by atoms with Crippen molar-refractivity contribution in [3.05, 3.63) is 88.1 Å². The lowest BCUT2D eigenvalue weighted by Gasteiger charge is -2.37. The lowest BCUT2D eigenvalue weighted by molar-refractivity contribution is -0.151. The van der Waals surface area contributed by atoms with Crippen molar-refractivity contribution in [2.75, 3.05) is 26.8 Å². The number of hydrogen-bond acceptors (Lipinski definition) is 9. The van der Waals surface area contributed by atoms with Crippen molar-refractivity contribution in [3.8, 4) is 5.75 Å². The van der Waals surface area contributed by atoms with Gasteiger partial charge in [-0.05, 0) is 55.4 Å². The number of likely N-dealkylation sites (tertiary alicyclic amines) is 1. The molecule has 1 amide bonds. The van der Waals surface area contributed by atoms with Crippen LogP contribution in [0.5, 0.6) is 5.75 Å². The van der Waals surface area contributed by atoms with Crippen LogP contribution in [0.25, 0.3) is 0 Å². The van der Waals surface area contributed by atoms with Gasteiger partial charge in [0.05, 0.1) is 43.4 Å². The number of hydrogen-bond donors (Lipinski definition) is 0. The van der Waals surface area contributed by atoms with Crippen LogP contribution in [0.15, 0.2) is 82.0 Å². The second-order valence-electron chi connectivity index (χ2n) is 10.3. The van der Waals surface area contributed by atoms with Gasteiger partial charge < -0.3 is 24.0 Å². The highest BCUT2D eigenvalue weighted by Gasteiger charge is 2.42. The van der Waals surface area contributed by atoms with Crippen LogP contribution in [0.4, 0.5) is 0 Å². The van der Waals surface area contributed by atoms with Crippen molar-refractivity contribution in [1.29, 1.82) is 0 Å². The van der Waals surface area contributed by atoms with Gasteiger partial charge in [-0.1, -0.05) is 54.2 Å². The number of amides is 1. The first kappa shape index (κ1) is 29.4. The topological polar surface area (TPSA) is 97.7 Å². The summed E-state index contributed by atoms with van der Waals surface area (Å²) in [5.41, 5.74) is 3.56. The Hall–Kier alpha value is -4.05. The van der Waals surface area contributed by atoms with Gasteiger partial charge in [-0.3, -0.25) is 9.59 Å². The minimum absolute atomic E-state index is 0.0818. The molecule has 42 heavy (non-hydrogen) atoms. The van der Waals surface area contributed by atoms with Gasteiger partial charge in [-0.15, -0.1) is 0 Å². The number of amidine groups is 1. The maximum absolute atomic E-state index is 13.5. The summed E-state index contributed by atoms with van der Waals surface area (Å²) < 4.78 is 16.5. The summed E-state index contributed by atoms with van der Waals surface area (Å²) in [6.45, 7) is 5.24. The average Bonchev–Trinajstić information content (AvgIpc) is 3.41. The molecular formula is C32H35N3O6S. The SMILES string of the molecule is CCOC(=O)C1CCCN(C(=O)CC2=CSC3=NC(C)=C(C(=O)OC)C(c4cccc(OCc5ccccc5)c4)N23)C1. The number of fused-ring (bicyclic) bond motifs is 1. The Kier molecular flexibility index (Phi) is 9.31. The fraction of sp³-hybridized carbons (Fsp3) is 0.375. The summed E-state index contributed by atoms with van der Waals surface area (Å²) in [6, 6.07) is 17.0. The van der Waals surface area contributed by atoms with Gasteiger partial charge in [0.2, 0.25) is 5.91 Å². The van der Waals surface area contributed by atoms with Gasteiger partial charge in [0.15, 0.2) is 5.17 Å². The number of carbonyl (C=O) groups excluding carboxylic acids is 3. The lowest BCUT2D eigenvalue weighted by Crippen LogP contribution is -2.44. The Morgan fingerprint density at radius 3 is 2.67 bits per heavy atom. The van der Waals surface area contributed by atoms with Crippen molar-refractivity contribution in [2.45, 2.75) is 45.8 Å². The number of thioether (sulfide) groups is 1. The minimum Gasteiger partial charge on any atom is -0.489 e. The van der Waals surface area contributed by atoms with Crippen LogP contribution in [0.2, 0.25) is 0 Å². The smallest absolute Gasteiger partial charge is 0.338 e. The van der Waals surface area contributed by atoms with Crippen LogP contribution in [0.1, 0.15) is 50.3 Å². The molecular weight excluding hydrogens is 554 g/mol. The summed E-state index contributed by atoms with van der Waals surface area (Å²) in [4.78, 5) is 47.4. The Morgan fingerprint density at radius 2 is 1.90 bits per heavy atom. The normalized spacial score (nSPS) is 20.0. The molecule has 0 spiro atoms. The molecule has 1 saturated heterocycles. The Morgan fingerprint density at radius 1 is 1.10 bits per heavy atom. The highest BCUT2D eigenvalue weighted by Crippen LogP contribution is 2.45. The second kappa shape index (κ2) is 13.3. The molecule has 0 saturated carbocycles. The van der Waals surface area contributed by atoms with Crippen molar-refractivity contribution in [2.24, 2.45) is 10.9 Å².